The minimum atomic E-state index is 0.548. The maximum atomic E-state index is 5.60. The first-order valence-corrected chi connectivity index (χ1v) is 6.70. The largest absolute Gasteiger partial charge is 0.381 e. The quantitative estimate of drug-likeness (QED) is 0.751. The zero-order chi connectivity index (χ0) is 11.4. The Bertz CT molecular complexity index is 198. The number of hydrogen-bond donors (Lipinski definition) is 1. The van der Waals surface area contributed by atoms with Crippen LogP contribution in [0.3, 0.4) is 0 Å². The van der Waals surface area contributed by atoms with Crippen LogP contribution in [0.25, 0.3) is 0 Å². The Morgan fingerprint density at radius 1 is 1.44 bits per heavy atom. The highest BCUT2D eigenvalue weighted by atomic mass is 16.5. The molecule has 0 aromatic carbocycles. The van der Waals surface area contributed by atoms with Crippen molar-refractivity contribution in [2.45, 2.75) is 44.8 Å². The second-order valence-electron chi connectivity index (χ2n) is 5.17. The van der Waals surface area contributed by atoms with E-state index in [1.165, 1.54) is 25.7 Å². The Labute approximate surface area is 98.9 Å². The van der Waals surface area contributed by atoms with Crippen molar-refractivity contribution in [2.75, 3.05) is 26.9 Å². The lowest BCUT2D eigenvalue weighted by Gasteiger charge is -2.38. The van der Waals surface area contributed by atoms with Gasteiger partial charge in [-0.2, -0.15) is 0 Å². The second kappa shape index (κ2) is 5.99. The summed E-state index contributed by atoms with van der Waals surface area (Å²) in [6.07, 6.45) is 5.60. The molecule has 2 unspecified atom stereocenters. The molecule has 3 heteroatoms. The molecule has 0 amide bonds. The van der Waals surface area contributed by atoms with Crippen LogP contribution in [0.15, 0.2) is 0 Å². The van der Waals surface area contributed by atoms with Crippen LogP contribution in [-0.2, 0) is 9.47 Å². The molecule has 16 heavy (non-hydrogen) atoms. The van der Waals surface area contributed by atoms with Crippen LogP contribution in [0, 0.1) is 11.8 Å². The van der Waals surface area contributed by atoms with E-state index in [0.717, 1.165) is 31.7 Å². The van der Waals surface area contributed by atoms with Crippen LogP contribution in [-0.4, -0.2) is 39.0 Å². The number of ether oxygens (including phenoxy) is 2. The molecule has 1 aliphatic heterocycles. The van der Waals surface area contributed by atoms with Crippen LogP contribution in [0.1, 0.15) is 32.6 Å². The van der Waals surface area contributed by atoms with E-state index in [1.54, 1.807) is 0 Å². The summed E-state index contributed by atoms with van der Waals surface area (Å²) in [4.78, 5) is 0. The third kappa shape index (κ3) is 2.96. The fourth-order valence-corrected chi connectivity index (χ4v) is 3.01. The third-order valence-electron chi connectivity index (χ3n) is 4.09. The molecule has 0 spiro atoms. The topological polar surface area (TPSA) is 30.5 Å². The monoisotopic (exact) mass is 227 g/mol. The van der Waals surface area contributed by atoms with E-state index in [4.69, 9.17) is 9.47 Å². The summed E-state index contributed by atoms with van der Waals surface area (Å²) in [6.45, 7) is 4.85. The minimum absolute atomic E-state index is 0.548. The van der Waals surface area contributed by atoms with Crippen molar-refractivity contribution >= 4 is 0 Å². The van der Waals surface area contributed by atoms with Gasteiger partial charge in [0.1, 0.15) is 0 Å². The predicted molar refractivity (Wildman–Crippen MR) is 64.5 cm³/mol. The molecule has 1 saturated carbocycles. The summed E-state index contributed by atoms with van der Waals surface area (Å²) in [5, 5.41) is 3.47. The van der Waals surface area contributed by atoms with Gasteiger partial charge in [0.2, 0.25) is 0 Å². The van der Waals surface area contributed by atoms with Crippen LogP contribution in [0.2, 0.25) is 0 Å². The molecule has 1 aliphatic carbocycles. The zero-order valence-corrected chi connectivity index (χ0v) is 10.6. The highest BCUT2D eigenvalue weighted by Crippen LogP contribution is 2.35. The van der Waals surface area contributed by atoms with Gasteiger partial charge in [-0.05, 0) is 51.5 Å². The van der Waals surface area contributed by atoms with E-state index in [0.29, 0.717) is 12.1 Å². The third-order valence-corrected chi connectivity index (χ3v) is 4.09. The average molecular weight is 227 g/mol. The van der Waals surface area contributed by atoms with E-state index < -0.39 is 0 Å². The molecule has 2 aliphatic rings. The zero-order valence-electron chi connectivity index (χ0n) is 10.6. The Morgan fingerprint density at radius 3 is 2.81 bits per heavy atom. The summed E-state index contributed by atoms with van der Waals surface area (Å²) >= 11 is 0. The van der Waals surface area contributed by atoms with Crippen molar-refractivity contribution in [3.8, 4) is 0 Å². The van der Waals surface area contributed by atoms with Gasteiger partial charge in [0.05, 0.1) is 12.7 Å². The van der Waals surface area contributed by atoms with Gasteiger partial charge < -0.3 is 14.8 Å². The van der Waals surface area contributed by atoms with E-state index in [-0.39, 0.29) is 0 Å². The van der Waals surface area contributed by atoms with E-state index in [1.807, 2.05) is 0 Å². The highest BCUT2D eigenvalue weighted by Gasteiger charge is 2.34. The number of nitrogens with one attached hydrogen (secondary N) is 1. The van der Waals surface area contributed by atoms with Crippen LogP contribution in [0.4, 0.5) is 0 Å². The molecule has 3 nitrogen and oxygen atoms in total. The van der Waals surface area contributed by atoms with Crippen LogP contribution >= 0.6 is 0 Å². The first-order valence-electron chi connectivity index (χ1n) is 6.70. The molecule has 2 rings (SSSR count). The Morgan fingerprint density at radius 2 is 2.25 bits per heavy atom. The van der Waals surface area contributed by atoms with Gasteiger partial charge in [-0.3, -0.25) is 0 Å². The smallest absolute Gasteiger partial charge is 0.0580 e. The number of hydrogen-bond acceptors (Lipinski definition) is 3. The molecule has 0 aromatic heterocycles. The highest BCUT2D eigenvalue weighted by molar-refractivity contribution is 4.87. The molecular weight excluding hydrogens is 202 g/mol. The fraction of sp³-hybridized carbons (Fsp3) is 1.00. The van der Waals surface area contributed by atoms with Gasteiger partial charge in [0.15, 0.2) is 0 Å². The molecular formula is C13H25NO2. The normalized spacial score (nSPS) is 36.0. The van der Waals surface area contributed by atoms with Crippen molar-refractivity contribution < 1.29 is 9.47 Å². The predicted octanol–water partition coefficient (Wildman–Crippen LogP) is 1.82. The summed E-state index contributed by atoms with van der Waals surface area (Å²) < 4.78 is 11.1. The summed E-state index contributed by atoms with van der Waals surface area (Å²) in [5.74, 6) is 1.60. The van der Waals surface area contributed by atoms with Crippen molar-refractivity contribution in [3.05, 3.63) is 0 Å². The maximum absolute atomic E-state index is 5.60. The van der Waals surface area contributed by atoms with Gasteiger partial charge in [-0.15, -0.1) is 0 Å². The molecule has 1 N–H and O–H groups in total. The molecule has 1 saturated heterocycles. The first kappa shape index (κ1) is 12.3. The maximum Gasteiger partial charge on any atom is 0.0580 e. The molecule has 0 bridgehead atoms. The molecule has 2 fully saturated rings. The molecule has 2 atom stereocenters. The van der Waals surface area contributed by atoms with Gasteiger partial charge >= 0.3 is 0 Å². The summed E-state index contributed by atoms with van der Waals surface area (Å²) in [5.41, 5.74) is 0. The Balaban J connectivity index is 1.67. The van der Waals surface area contributed by atoms with Gasteiger partial charge in [-0.25, -0.2) is 0 Å². The number of rotatable bonds is 6. The second-order valence-corrected chi connectivity index (χ2v) is 5.17. The summed E-state index contributed by atoms with van der Waals surface area (Å²) in [6, 6.07) is 0.648. The molecule has 1 heterocycles. The lowest BCUT2D eigenvalue weighted by atomic mass is 9.76. The standard InChI is InChI=1S/C13H25NO2/c1-3-16-12-6-10(7-12)8-13(14-2)11-4-5-15-9-11/h10-14H,3-9H2,1-2H3. The van der Waals surface area contributed by atoms with Gasteiger partial charge in [-0.1, -0.05) is 0 Å². The van der Waals surface area contributed by atoms with Gasteiger partial charge in [0, 0.05) is 19.3 Å². The van der Waals surface area contributed by atoms with E-state index in [9.17, 15) is 0 Å². The molecule has 0 aromatic rings. The van der Waals surface area contributed by atoms with Crippen molar-refractivity contribution in [1.82, 2.24) is 5.32 Å². The van der Waals surface area contributed by atoms with Crippen molar-refractivity contribution in [1.29, 1.82) is 0 Å². The molecule has 94 valence electrons. The lowest BCUT2D eigenvalue weighted by molar-refractivity contribution is -0.0306. The summed E-state index contributed by atoms with van der Waals surface area (Å²) in [7, 11) is 2.08. The van der Waals surface area contributed by atoms with Crippen LogP contribution < -0.4 is 5.32 Å². The first-order chi connectivity index (χ1) is 7.83. The SMILES string of the molecule is CCOC1CC(CC(NC)C2CCOC2)C1. The fourth-order valence-electron chi connectivity index (χ4n) is 3.01. The van der Waals surface area contributed by atoms with E-state index >= 15 is 0 Å². The molecule has 0 radical (unpaired) electrons. The lowest BCUT2D eigenvalue weighted by Crippen LogP contribution is -2.40. The van der Waals surface area contributed by atoms with Crippen molar-refractivity contribution in [3.63, 3.8) is 0 Å². The average Bonchev–Trinajstić information content (AvgIpc) is 2.74. The van der Waals surface area contributed by atoms with Crippen LogP contribution in [0.5, 0.6) is 0 Å². The Kier molecular flexibility index (Phi) is 4.62. The van der Waals surface area contributed by atoms with Crippen molar-refractivity contribution in [2.24, 2.45) is 11.8 Å². The van der Waals surface area contributed by atoms with E-state index in [2.05, 4.69) is 19.3 Å². The Hall–Kier alpha value is -0.120. The minimum Gasteiger partial charge on any atom is -0.381 e. The van der Waals surface area contributed by atoms with Gasteiger partial charge in [0.25, 0.3) is 0 Å².